The first kappa shape index (κ1) is 25.2. The van der Waals surface area contributed by atoms with E-state index in [0.717, 1.165) is 0 Å². The second-order valence-electron chi connectivity index (χ2n) is 12.9. The highest BCUT2D eigenvalue weighted by molar-refractivity contribution is 7.26. The van der Waals surface area contributed by atoms with E-state index in [2.05, 4.69) is 158 Å². The number of hydrogen-bond acceptors (Lipinski definition) is 1. The van der Waals surface area contributed by atoms with Crippen LogP contribution in [0.4, 0.5) is 0 Å². The zero-order chi connectivity index (χ0) is 29.9. The molecule has 2 heterocycles. The van der Waals surface area contributed by atoms with Gasteiger partial charge in [0.1, 0.15) is 0 Å². The van der Waals surface area contributed by atoms with Gasteiger partial charge in [0.25, 0.3) is 0 Å². The molecule has 2 aromatic heterocycles. The molecule has 0 spiro atoms. The number of fused-ring (bicyclic) bond motifs is 13. The monoisotopic (exact) mass is 591 g/mol. The van der Waals surface area contributed by atoms with Crippen LogP contribution in [-0.2, 0) is 5.41 Å². The van der Waals surface area contributed by atoms with E-state index in [1.807, 2.05) is 11.3 Å². The Hall–Kier alpha value is -5.18. The maximum atomic E-state index is 2.54. The van der Waals surface area contributed by atoms with Crippen LogP contribution in [-0.4, -0.2) is 4.57 Å². The van der Waals surface area contributed by atoms with Crippen LogP contribution in [0.1, 0.15) is 25.0 Å². The van der Waals surface area contributed by atoms with Crippen LogP contribution in [0.15, 0.2) is 140 Å². The molecule has 0 bridgehead atoms. The minimum atomic E-state index is -0.142. The Bertz CT molecular complexity index is 2670. The third-order valence-corrected chi connectivity index (χ3v) is 11.4. The van der Waals surface area contributed by atoms with E-state index < -0.39 is 0 Å². The molecule has 212 valence electrons. The van der Waals surface area contributed by atoms with Gasteiger partial charge in [-0.25, -0.2) is 0 Å². The molecule has 1 aliphatic rings. The molecule has 0 atom stereocenters. The summed E-state index contributed by atoms with van der Waals surface area (Å²) in [5.41, 5.74) is 11.7. The van der Waals surface area contributed by atoms with Crippen LogP contribution in [0.5, 0.6) is 0 Å². The van der Waals surface area contributed by atoms with Gasteiger partial charge in [0, 0.05) is 42.0 Å². The van der Waals surface area contributed by atoms with Crippen molar-refractivity contribution in [1.29, 1.82) is 0 Å². The average molecular weight is 592 g/mol. The third kappa shape index (κ3) is 3.27. The van der Waals surface area contributed by atoms with Crippen LogP contribution in [0, 0.1) is 0 Å². The molecule has 1 nitrogen and oxygen atoms in total. The van der Waals surface area contributed by atoms with E-state index in [0.29, 0.717) is 0 Å². The van der Waals surface area contributed by atoms with Crippen molar-refractivity contribution >= 4 is 64.1 Å². The largest absolute Gasteiger partial charge is 0.309 e. The normalized spacial score (nSPS) is 13.7. The van der Waals surface area contributed by atoms with Crippen molar-refractivity contribution in [2.45, 2.75) is 19.3 Å². The standard InChI is InChI=1S/C43H29NS/c1-43(2)35-19-8-5-15-33(35)38-30-13-3-4-14-31(30)39-34-16-6-9-20-36(34)44(41(39)40(38)43)27-24-22-26(23-25-27)28-17-11-18-32-29-12-7-10-21-37(29)45-42(28)32/h3-25H,1-2H3. The average Bonchev–Trinajstić information content (AvgIpc) is 3.71. The van der Waals surface area contributed by atoms with Gasteiger partial charge in [0.15, 0.2) is 0 Å². The van der Waals surface area contributed by atoms with Crippen molar-refractivity contribution in [3.05, 3.63) is 151 Å². The summed E-state index contributed by atoms with van der Waals surface area (Å²) in [5.74, 6) is 0. The summed E-state index contributed by atoms with van der Waals surface area (Å²) in [4.78, 5) is 0. The lowest BCUT2D eigenvalue weighted by atomic mass is 9.80. The zero-order valence-electron chi connectivity index (χ0n) is 25.1. The predicted octanol–water partition coefficient (Wildman–Crippen LogP) is 12.3. The first-order chi connectivity index (χ1) is 22.1. The lowest BCUT2D eigenvalue weighted by Crippen LogP contribution is -2.16. The summed E-state index contributed by atoms with van der Waals surface area (Å²) >= 11 is 1.89. The molecule has 0 unspecified atom stereocenters. The summed E-state index contributed by atoms with van der Waals surface area (Å²) in [6.45, 7) is 4.81. The second kappa shape index (κ2) is 8.94. The fraction of sp³-hybridized carbons (Fsp3) is 0.0698. The molecular formula is C43H29NS. The topological polar surface area (TPSA) is 4.93 Å². The van der Waals surface area contributed by atoms with Crippen molar-refractivity contribution in [3.63, 3.8) is 0 Å². The SMILES string of the molecule is CC1(C)c2ccccc2-c2c1c1c(c3ccccc23)c2ccccc2n1-c1ccc(-c2cccc3c2sc2ccccc23)cc1. The number of thiophene rings is 1. The third-order valence-electron chi connectivity index (χ3n) is 10.2. The maximum Gasteiger partial charge on any atom is 0.0594 e. The van der Waals surface area contributed by atoms with Crippen molar-refractivity contribution in [2.24, 2.45) is 0 Å². The predicted molar refractivity (Wildman–Crippen MR) is 194 cm³/mol. The fourth-order valence-electron chi connectivity index (χ4n) is 8.22. The van der Waals surface area contributed by atoms with Gasteiger partial charge in [0.2, 0.25) is 0 Å². The quantitative estimate of drug-likeness (QED) is 0.188. The van der Waals surface area contributed by atoms with Crippen molar-refractivity contribution in [2.75, 3.05) is 0 Å². The zero-order valence-corrected chi connectivity index (χ0v) is 26.0. The van der Waals surface area contributed by atoms with Gasteiger partial charge < -0.3 is 4.57 Å². The highest BCUT2D eigenvalue weighted by Gasteiger charge is 2.40. The first-order valence-corrected chi connectivity index (χ1v) is 16.5. The first-order valence-electron chi connectivity index (χ1n) is 15.7. The Morgan fingerprint density at radius 2 is 1.18 bits per heavy atom. The smallest absolute Gasteiger partial charge is 0.0594 e. The molecule has 0 aliphatic heterocycles. The van der Waals surface area contributed by atoms with Crippen LogP contribution in [0.2, 0.25) is 0 Å². The van der Waals surface area contributed by atoms with Crippen molar-refractivity contribution < 1.29 is 0 Å². The van der Waals surface area contributed by atoms with Crippen LogP contribution >= 0.6 is 11.3 Å². The molecule has 10 rings (SSSR count). The van der Waals surface area contributed by atoms with Crippen LogP contribution < -0.4 is 0 Å². The Labute approximate surface area is 265 Å². The van der Waals surface area contributed by atoms with E-state index in [1.54, 1.807) is 0 Å². The molecule has 0 saturated carbocycles. The molecule has 45 heavy (non-hydrogen) atoms. The van der Waals surface area contributed by atoms with E-state index in [9.17, 15) is 0 Å². The molecule has 0 fully saturated rings. The van der Waals surface area contributed by atoms with Gasteiger partial charge >= 0.3 is 0 Å². The van der Waals surface area contributed by atoms with Crippen molar-refractivity contribution in [3.8, 4) is 27.9 Å². The van der Waals surface area contributed by atoms with E-state index in [4.69, 9.17) is 0 Å². The molecule has 0 saturated heterocycles. The van der Waals surface area contributed by atoms with Gasteiger partial charge in [0.05, 0.1) is 11.0 Å². The van der Waals surface area contributed by atoms with E-state index >= 15 is 0 Å². The van der Waals surface area contributed by atoms with Crippen molar-refractivity contribution in [1.82, 2.24) is 4.57 Å². The summed E-state index contributed by atoms with van der Waals surface area (Å²) < 4.78 is 5.23. The Morgan fingerprint density at radius 1 is 0.533 bits per heavy atom. The summed E-state index contributed by atoms with van der Waals surface area (Å²) in [5, 5.41) is 7.99. The number of hydrogen-bond donors (Lipinski definition) is 0. The summed E-state index contributed by atoms with van der Waals surface area (Å²) in [6.07, 6.45) is 0. The Balaban J connectivity index is 1.28. The van der Waals surface area contributed by atoms with Crippen LogP contribution in [0.25, 0.3) is 80.7 Å². The molecule has 9 aromatic rings. The molecule has 7 aromatic carbocycles. The Kier molecular flexibility index (Phi) is 5.00. The highest BCUT2D eigenvalue weighted by atomic mass is 32.1. The molecule has 0 radical (unpaired) electrons. The lowest BCUT2D eigenvalue weighted by molar-refractivity contribution is 0.664. The van der Waals surface area contributed by atoms with Gasteiger partial charge in [-0.15, -0.1) is 11.3 Å². The molecular weight excluding hydrogens is 563 g/mol. The fourth-order valence-corrected chi connectivity index (χ4v) is 9.46. The van der Waals surface area contributed by atoms with E-state index in [1.165, 1.54) is 91.8 Å². The lowest BCUT2D eigenvalue weighted by Gasteiger charge is -2.24. The van der Waals surface area contributed by atoms with Crippen LogP contribution in [0.3, 0.4) is 0 Å². The molecule has 0 N–H and O–H groups in total. The maximum absolute atomic E-state index is 2.54. The molecule has 1 aliphatic carbocycles. The summed E-state index contributed by atoms with van der Waals surface area (Å²) in [7, 11) is 0. The van der Waals surface area contributed by atoms with E-state index in [-0.39, 0.29) is 5.41 Å². The Morgan fingerprint density at radius 3 is 2.02 bits per heavy atom. The van der Waals surface area contributed by atoms with Gasteiger partial charge in [-0.2, -0.15) is 0 Å². The number of aromatic nitrogens is 1. The number of para-hydroxylation sites is 1. The minimum Gasteiger partial charge on any atom is -0.309 e. The number of benzene rings is 7. The highest BCUT2D eigenvalue weighted by Crippen LogP contribution is 2.56. The minimum absolute atomic E-state index is 0.142. The molecule has 2 heteroatoms. The second-order valence-corrected chi connectivity index (χ2v) is 13.9. The number of rotatable bonds is 2. The van der Waals surface area contributed by atoms with Gasteiger partial charge in [-0.1, -0.05) is 129 Å². The van der Waals surface area contributed by atoms with Gasteiger partial charge in [-0.3, -0.25) is 0 Å². The number of nitrogens with zero attached hydrogens (tertiary/aromatic N) is 1. The summed E-state index contributed by atoms with van der Waals surface area (Å²) in [6, 6.07) is 51.8. The molecule has 0 amide bonds. The van der Waals surface area contributed by atoms with Gasteiger partial charge in [-0.05, 0) is 68.4 Å².